The molecule has 33 heavy (non-hydrogen) atoms. The first-order valence-corrected chi connectivity index (χ1v) is 11.3. The topological polar surface area (TPSA) is 99.1 Å². The smallest absolute Gasteiger partial charge is 0.333 e. The molecule has 2 aliphatic carbocycles. The minimum absolute atomic E-state index is 0.0884. The van der Waals surface area contributed by atoms with Crippen LogP contribution in [0, 0.1) is 16.7 Å². The van der Waals surface area contributed by atoms with E-state index in [0.717, 1.165) is 12.5 Å². The summed E-state index contributed by atoms with van der Waals surface area (Å²) in [7, 11) is 1.33. The van der Waals surface area contributed by atoms with E-state index < -0.39 is 5.97 Å². The third-order valence-corrected chi connectivity index (χ3v) is 6.81. The van der Waals surface area contributed by atoms with Gasteiger partial charge in [0, 0.05) is 29.2 Å². The second-order valence-corrected chi connectivity index (χ2v) is 9.36. The van der Waals surface area contributed by atoms with Crippen molar-refractivity contribution in [2.75, 3.05) is 20.3 Å². The van der Waals surface area contributed by atoms with E-state index in [2.05, 4.69) is 50.0 Å². The molecule has 3 unspecified atom stereocenters. The predicted molar refractivity (Wildman–Crippen MR) is 128 cm³/mol. The van der Waals surface area contributed by atoms with Crippen LogP contribution in [0.5, 0.6) is 0 Å². The highest BCUT2D eigenvalue weighted by atomic mass is 16.5. The lowest BCUT2D eigenvalue weighted by atomic mass is 9.70. The molecule has 0 radical (unpaired) electrons. The van der Waals surface area contributed by atoms with Crippen LogP contribution in [0.4, 0.5) is 0 Å². The van der Waals surface area contributed by atoms with Crippen molar-refractivity contribution in [3.8, 4) is 0 Å². The van der Waals surface area contributed by atoms with Crippen LogP contribution in [0.15, 0.2) is 37.0 Å². The Kier molecular flexibility index (Phi) is 13.0. The lowest BCUT2D eigenvalue weighted by Crippen LogP contribution is -2.38. The van der Waals surface area contributed by atoms with Gasteiger partial charge in [-0.2, -0.15) is 0 Å². The Bertz CT molecular complexity index is 722. The zero-order chi connectivity index (χ0) is 25.8. The molecule has 2 aliphatic rings. The van der Waals surface area contributed by atoms with Crippen molar-refractivity contribution in [1.29, 1.82) is 0 Å². The molecular formula is C26H42O7. The fourth-order valence-corrected chi connectivity index (χ4v) is 4.16. The predicted octanol–water partition coefficient (Wildman–Crippen LogP) is 4.54. The van der Waals surface area contributed by atoms with Gasteiger partial charge in [-0.25, -0.2) is 14.4 Å². The van der Waals surface area contributed by atoms with Gasteiger partial charge in [0.1, 0.15) is 6.10 Å². The maximum Gasteiger partial charge on any atom is 0.333 e. The molecule has 2 fully saturated rings. The normalized spacial score (nSPS) is 23.6. The maximum absolute atomic E-state index is 11.6. The molecule has 0 saturated heterocycles. The van der Waals surface area contributed by atoms with Crippen molar-refractivity contribution in [3.05, 3.63) is 37.0 Å². The van der Waals surface area contributed by atoms with Gasteiger partial charge in [-0.1, -0.05) is 40.5 Å². The number of hydrogen-bond donors (Lipinski definition) is 1. The van der Waals surface area contributed by atoms with Gasteiger partial charge in [0.15, 0.2) is 0 Å². The molecule has 0 heterocycles. The van der Waals surface area contributed by atoms with E-state index in [4.69, 9.17) is 9.84 Å². The van der Waals surface area contributed by atoms with Crippen LogP contribution in [0.25, 0.3) is 0 Å². The van der Waals surface area contributed by atoms with Crippen molar-refractivity contribution in [2.45, 2.75) is 72.8 Å². The molecule has 0 aromatic heterocycles. The highest BCUT2D eigenvalue weighted by Gasteiger charge is 2.62. The standard InChI is InChI=1S/C14H22O2.C7H12O3.C5H8O2/c1-9(2)12(15)16-11-8-10-6-7-14(11,5)13(10,3)4;1-2-7(9)10-6-4-3-5-8;1-4(2)5(6)7-3/h10-11H,1,6-8H2,2-5H3;2,8H,1,3-6H2;1H2,2-3H3. The minimum atomic E-state index is -0.405. The Morgan fingerprint density at radius 1 is 1.06 bits per heavy atom. The molecule has 188 valence electrons. The molecule has 7 heteroatoms. The molecule has 1 N–H and O–H groups in total. The number of carbonyl (C=O) groups is 3. The van der Waals surface area contributed by atoms with Crippen molar-refractivity contribution < 1.29 is 33.7 Å². The molecule has 0 aromatic carbocycles. The van der Waals surface area contributed by atoms with Crippen LogP contribution in [0.3, 0.4) is 0 Å². The molecule has 0 spiro atoms. The summed E-state index contributed by atoms with van der Waals surface area (Å²) in [5.74, 6) is -0.270. The number of ether oxygens (including phenoxy) is 3. The Hall–Kier alpha value is -2.41. The molecule has 7 nitrogen and oxygen atoms in total. The van der Waals surface area contributed by atoms with Crippen molar-refractivity contribution >= 4 is 17.9 Å². The average Bonchev–Trinajstić information content (AvgIpc) is 3.10. The second-order valence-electron chi connectivity index (χ2n) is 9.36. The largest absolute Gasteiger partial charge is 0.466 e. The summed E-state index contributed by atoms with van der Waals surface area (Å²) in [5.41, 5.74) is 1.39. The summed E-state index contributed by atoms with van der Waals surface area (Å²) < 4.78 is 14.5. The van der Waals surface area contributed by atoms with Gasteiger partial charge in [-0.15, -0.1) is 0 Å². The molecule has 0 amide bonds. The zero-order valence-electron chi connectivity index (χ0n) is 21.2. The van der Waals surface area contributed by atoms with Gasteiger partial charge in [0.25, 0.3) is 0 Å². The molecule has 2 saturated carbocycles. The van der Waals surface area contributed by atoms with E-state index in [1.54, 1.807) is 13.8 Å². The van der Waals surface area contributed by atoms with Gasteiger partial charge < -0.3 is 19.3 Å². The van der Waals surface area contributed by atoms with E-state index in [9.17, 15) is 14.4 Å². The number of aliphatic hydroxyl groups excluding tert-OH is 1. The third kappa shape index (κ3) is 8.80. The van der Waals surface area contributed by atoms with Crippen molar-refractivity contribution in [3.63, 3.8) is 0 Å². The molecule has 2 bridgehead atoms. The minimum Gasteiger partial charge on any atom is -0.466 e. The zero-order valence-corrected chi connectivity index (χ0v) is 21.2. The number of aliphatic hydroxyl groups is 1. The summed E-state index contributed by atoms with van der Waals surface area (Å²) in [6.07, 6.45) is 6.08. The number of methoxy groups -OCH3 is 1. The number of unbranched alkanes of at least 4 members (excludes halogenated alkanes) is 1. The fourth-order valence-electron chi connectivity index (χ4n) is 4.16. The average molecular weight is 467 g/mol. The summed E-state index contributed by atoms with van der Waals surface area (Å²) in [5, 5.41) is 8.33. The highest BCUT2D eigenvalue weighted by Crippen LogP contribution is 2.66. The van der Waals surface area contributed by atoms with Crippen molar-refractivity contribution in [2.24, 2.45) is 16.7 Å². The maximum atomic E-state index is 11.6. The van der Waals surface area contributed by atoms with Gasteiger partial charge >= 0.3 is 17.9 Å². The quantitative estimate of drug-likeness (QED) is 0.243. The monoisotopic (exact) mass is 466 g/mol. The summed E-state index contributed by atoms with van der Waals surface area (Å²) in [6.45, 7) is 21.0. The number of hydrogen-bond acceptors (Lipinski definition) is 7. The van der Waals surface area contributed by atoms with Gasteiger partial charge in [0.05, 0.1) is 13.7 Å². The molecule has 0 aliphatic heterocycles. The Labute approximate surface area is 198 Å². The first-order chi connectivity index (χ1) is 15.3. The third-order valence-electron chi connectivity index (χ3n) is 6.81. The Morgan fingerprint density at radius 2 is 1.64 bits per heavy atom. The van der Waals surface area contributed by atoms with E-state index in [0.29, 0.717) is 41.9 Å². The van der Waals surface area contributed by atoms with Crippen molar-refractivity contribution in [1.82, 2.24) is 0 Å². The first kappa shape index (κ1) is 30.6. The van der Waals surface area contributed by atoms with E-state index in [1.807, 2.05) is 0 Å². The van der Waals surface area contributed by atoms with Crippen LogP contribution in [-0.2, 0) is 28.6 Å². The van der Waals surface area contributed by atoms with Gasteiger partial charge in [-0.05, 0) is 57.3 Å². The lowest BCUT2D eigenvalue weighted by Gasteiger charge is -2.38. The van der Waals surface area contributed by atoms with Crippen LogP contribution in [0.1, 0.15) is 66.7 Å². The van der Waals surface area contributed by atoms with Crippen LogP contribution in [0.2, 0.25) is 0 Å². The Morgan fingerprint density at radius 3 is 1.97 bits per heavy atom. The number of rotatable bonds is 8. The van der Waals surface area contributed by atoms with E-state index in [-0.39, 0.29) is 30.1 Å². The number of fused-ring (bicyclic) bond motifs is 2. The van der Waals surface area contributed by atoms with Gasteiger partial charge in [0.2, 0.25) is 0 Å². The highest BCUT2D eigenvalue weighted by molar-refractivity contribution is 5.87. The van der Waals surface area contributed by atoms with E-state index in [1.165, 1.54) is 20.0 Å². The first-order valence-electron chi connectivity index (χ1n) is 11.3. The second kappa shape index (κ2) is 14.0. The summed E-state index contributed by atoms with van der Waals surface area (Å²) >= 11 is 0. The van der Waals surface area contributed by atoms with Crippen LogP contribution in [-0.4, -0.2) is 49.4 Å². The fraction of sp³-hybridized carbons (Fsp3) is 0.654. The summed E-state index contributed by atoms with van der Waals surface area (Å²) in [4.78, 5) is 32.2. The molecule has 2 rings (SSSR count). The molecular weight excluding hydrogens is 424 g/mol. The van der Waals surface area contributed by atoms with Gasteiger partial charge in [-0.3, -0.25) is 0 Å². The Balaban J connectivity index is 0.000000519. The molecule has 3 atom stereocenters. The SMILES string of the molecule is C=C(C)C(=O)OC.C=C(C)C(=O)OC1CC2CCC1(C)C2(C)C.C=CC(=O)OCCCCO. The molecule has 0 aromatic rings. The number of esters is 3. The van der Waals surface area contributed by atoms with Crippen LogP contribution < -0.4 is 0 Å². The van der Waals surface area contributed by atoms with Crippen LogP contribution >= 0.6 is 0 Å². The van der Waals surface area contributed by atoms with E-state index >= 15 is 0 Å². The summed E-state index contributed by atoms with van der Waals surface area (Å²) in [6, 6.07) is 0. The number of carbonyl (C=O) groups excluding carboxylic acids is 3. The lowest BCUT2D eigenvalue weighted by molar-refractivity contribution is -0.152.